The van der Waals surface area contributed by atoms with Crippen LogP contribution in [0.25, 0.3) is 0 Å². The molecular formula is C36H49O6P. The number of benzene rings is 2. The van der Waals surface area contributed by atoms with E-state index < -0.39 is 13.4 Å². The monoisotopic (exact) mass is 608 g/mol. The SMILES string of the molecule is C[C@@]1(O)CC[C@@]2(C)[C@@H](CC[C@@H]3[C@@H]2CC[C@]2(C)[C@@H](C(=O)COP(=O)(OCc4ccccc4)OCc4ccccc4)CC[C@@H]32)C1. The largest absolute Gasteiger partial charge is 0.475 e. The van der Waals surface area contributed by atoms with E-state index in [1.165, 1.54) is 12.8 Å². The number of carbonyl (C=O) groups is 1. The molecule has 4 aliphatic rings. The lowest BCUT2D eigenvalue weighted by molar-refractivity contribution is -0.151. The molecule has 1 N–H and O–H groups in total. The number of aliphatic hydroxyl groups is 1. The lowest BCUT2D eigenvalue weighted by Gasteiger charge is -2.61. The van der Waals surface area contributed by atoms with Crippen LogP contribution in [-0.4, -0.2) is 23.1 Å². The van der Waals surface area contributed by atoms with Crippen LogP contribution >= 0.6 is 7.82 Å². The molecule has 0 aromatic heterocycles. The van der Waals surface area contributed by atoms with Gasteiger partial charge in [0.25, 0.3) is 0 Å². The number of rotatable bonds is 10. The summed E-state index contributed by atoms with van der Waals surface area (Å²) in [5.74, 6) is 2.34. The summed E-state index contributed by atoms with van der Waals surface area (Å²) in [7, 11) is -4.00. The molecular weight excluding hydrogens is 559 g/mol. The Hall–Kier alpha value is -1.82. The van der Waals surface area contributed by atoms with E-state index in [0.29, 0.717) is 23.7 Å². The number of phosphoric acid groups is 1. The van der Waals surface area contributed by atoms with Gasteiger partial charge in [0.2, 0.25) is 0 Å². The van der Waals surface area contributed by atoms with Crippen LogP contribution in [0.15, 0.2) is 60.7 Å². The van der Waals surface area contributed by atoms with Gasteiger partial charge < -0.3 is 5.11 Å². The van der Waals surface area contributed by atoms with Crippen LogP contribution in [0.1, 0.15) is 89.7 Å². The molecule has 7 heteroatoms. The lowest BCUT2D eigenvalue weighted by Crippen LogP contribution is -2.55. The van der Waals surface area contributed by atoms with E-state index >= 15 is 0 Å². The normalized spacial score (nSPS) is 37.3. The molecule has 4 aliphatic carbocycles. The zero-order valence-corrected chi connectivity index (χ0v) is 27.0. The molecule has 0 spiro atoms. The Labute approximate surface area is 257 Å². The Bertz CT molecular complexity index is 1270. The van der Waals surface area contributed by atoms with E-state index in [-0.39, 0.29) is 42.4 Å². The highest BCUT2D eigenvalue weighted by Crippen LogP contribution is 2.68. The van der Waals surface area contributed by atoms with Crippen molar-refractivity contribution in [2.45, 2.75) is 97.4 Å². The highest BCUT2D eigenvalue weighted by atomic mass is 31.2. The van der Waals surface area contributed by atoms with Crippen LogP contribution < -0.4 is 0 Å². The fourth-order valence-corrected chi connectivity index (χ4v) is 10.9. The summed E-state index contributed by atoms with van der Waals surface area (Å²) in [5.41, 5.74) is 1.41. The molecule has 0 bridgehead atoms. The molecule has 43 heavy (non-hydrogen) atoms. The summed E-state index contributed by atoms with van der Waals surface area (Å²) in [6.07, 6.45) is 9.43. The predicted octanol–water partition coefficient (Wildman–Crippen LogP) is 8.52. The average molecular weight is 609 g/mol. The van der Waals surface area contributed by atoms with Crippen LogP contribution in [0.5, 0.6) is 0 Å². The van der Waals surface area contributed by atoms with Gasteiger partial charge in [-0.05, 0) is 110 Å². The molecule has 234 valence electrons. The number of carbonyl (C=O) groups excluding carboxylic acids is 1. The molecule has 0 amide bonds. The molecule has 4 saturated carbocycles. The summed E-state index contributed by atoms with van der Waals surface area (Å²) in [6, 6.07) is 19.0. The first kappa shape index (κ1) is 31.2. The molecule has 6 nitrogen and oxygen atoms in total. The topological polar surface area (TPSA) is 82.1 Å². The third-order valence-corrected chi connectivity index (χ3v) is 13.5. The predicted molar refractivity (Wildman–Crippen MR) is 167 cm³/mol. The Morgan fingerprint density at radius 3 is 2.00 bits per heavy atom. The Morgan fingerprint density at radius 2 is 1.37 bits per heavy atom. The van der Waals surface area contributed by atoms with Gasteiger partial charge in [-0.15, -0.1) is 0 Å². The fraction of sp³-hybridized carbons (Fsp3) is 0.639. The molecule has 6 rings (SSSR count). The molecule has 0 aliphatic heterocycles. The zero-order valence-electron chi connectivity index (χ0n) is 26.1. The standard InChI is InChI=1S/C36H49O6P/c1-34(38)20-21-35(2)28(22-34)14-15-29-30-16-17-32(36(30,3)19-18-31(29)35)33(37)25-42-43(39,40-23-26-10-6-4-7-11-26)41-24-27-12-8-5-9-13-27/h4-13,28-32,38H,14-25H2,1-3H3/t28-,29-,30-,31-,32+,34+,35-,36-/m0/s1. The van der Waals surface area contributed by atoms with Crippen molar-refractivity contribution in [3.8, 4) is 0 Å². The smallest absolute Gasteiger partial charge is 0.390 e. The molecule has 0 saturated heterocycles. The van der Waals surface area contributed by atoms with Gasteiger partial charge in [-0.2, -0.15) is 0 Å². The first-order valence-corrected chi connectivity index (χ1v) is 17.8. The van der Waals surface area contributed by atoms with E-state index in [4.69, 9.17) is 13.6 Å². The van der Waals surface area contributed by atoms with E-state index in [2.05, 4.69) is 13.8 Å². The highest BCUT2D eigenvalue weighted by Gasteiger charge is 2.61. The maximum absolute atomic E-state index is 13.8. The van der Waals surface area contributed by atoms with Gasteiger partial charge in [-0.25, -0.2) is 4.57 Å². The third kappa shape index (κ3) is 6.33. The summed E-state index contributed by atoms with van der Waals surface area (Å²) in [4.78, 5) is 13.8. The molecule has 2 aromatic carbocycles. The van der Waals surface area contributed by atoms with E-state index in [1.54, 1.807) is 0 Å². The van der Waals surface area contributed by atoms with Crippen molar-refractivity contribution >= 4 is 13.6 Å². The van der Waals surface area contributed by atoms with E-state index in [9.17, 15) is 14.5 Å². The molecule has 0 heterocycles. The van der Waals surface area contributed by atoms with Gasteiger partial charge in [0, 0.05) is 5.92 Å². The number of fused-ring (bicyclic) bond motifs is 5. The number of Topliss-reactive ketones (excluding diaryl/α,β-unsaturated/α-hetero) is 1. The van der Waals surface area contributed by atoms with Crippen molar-refractivity contribution < 1.29 is 28.0 Å². The minimum atomic E-state index is -4.00. The molecule has 0 radical (unpaired) electrons. The molecule has 8 atom stereocenters. The van der Waals surface area contributed by atoms with Gasteiger partial charge in [-0.1, -0.05) is 74.5 Å². The first-order valence-electron chi connectivity index (χ1n) is 16.4. The van der Waals surface area contributed by atoms with Crippen LogP contribution in [0.4, 0.5) is 0 Å². The summed E-state index contributed by atoms with van der Waals surface area (Å²) >= 11 is 0. The second-order valence-corrected chi connectivity index (χ2v) is 16.4. The van der Waals surface area contributed by atoms with Crippen molar-refractivity contribution in [3.63, 3.8) is 0 Å². The van der Waals surface area contributed by atoms with Crippen molar-refractivity contribution in [3.05, 3.63) is 71.8 Å². The van der Waals surface area contributed by atoms with Crippen molar-refractivity contribution in [1.82, 2.24) is 0 Å². The van der Waals surface area contributed by atoms with Gasteiger partial charge in [-0.3, -0.25) is 18.4 Å². The number of phosphoric ester groups is 1. The van der Waals surface area contributed by atoms with Gasteiger partial charge in [0.15, 0.2) is 5.78 Å². The van der Waals surface area contributed by atoms with Crippen LogP contribution in [0.2, 0.25) is 0 Å². The molecule has 4 fully saturated rings. The first-order chi connectivity index (χ1) is 20.5. The van der Waals surface area contributed by atoms with Crippen LogP contribution in [-0.2, 0) is 36.1 Å². The van der Waals surface area contributed by atoms with Crippen LogP contribution in [0.3, 0.4) is 0 Å². The second kappa shape index (κ2) is 12.2. The highest BCUT2D eigenvalue weighted by molar-refractivity contribution is 7.48. The van der Waals surface area contributed by atoms with Gasteiger partial charge in [0.1, 0.15) is 6.61 Å². The summed E-state index contributed by atoms with van der Waals surface area (Å²) in [5, 5.41) is 10.8. The second-order valence-electron chi connectivity index (χ2n) is 14.7. The van der Waals surface area contributed by atoms with Crippen molar-refractivity contribution in [1.29, 1.82) is 0 Å². The Balaban J connectivity index is 1.12. The average Bonchev–Trinajstić information content (AvgIpc) is 3.37. The van der Waals surface area contributed by atoms with E-state index in [1.807, 2.05) is 67.6 Å². The van der Waals surface area contributed by atoms with E-state index in [0.717, 1.165) is 56.1 Å². The van der Waals surface area contributed by atoms with Crippen molar-refractivity contribution in [2.75, 3.05) is 6.61 Å². The quantitative estimate of drug-likeness (QED) is 0.272. The zero-order chi connectivity index (χ0) is 30.3. The fourth-order valence-electron chi connectivity index (χ4n) is 9.77. The summed E-state index contributed by atoms with van der Waals surface area (Å²) in [6.45, 7) is 6.73. The maximum Gasteiger partial charge on any atom is 0.475 e. The van der Waals surface area contributed by atoms with Crippen LogP contribution in [0, 0.1) is 40.4 Å². The molecule has 2 aromatic rings. The molecule has 0 unspecified atom stereocenters. The third-order valence-electron chi connectivity index (χ3n) is 12.2. The minimum absolute atomic E-state index is 0.0175. The number of ketones is 1. The Morgan fingerprint density at radius 1 is 0.767 bits per heavy atom. The van der Waals surface area contributed by atoms with Gasteiger partial charge >= 0.3 is 7.82 Å². The summed E-state index contributed by atoms with van der Waals surface area (Å²) < 4.78 is 31.2. The number of hydrogen-bond donors (Lipinski definition) is 1. The van der Waals surface area contributed by atoms with Gasteiger partial charge in [0.05, 0.1) is 18.8 Å². The van der Waals surface area contributed by atoms with Crippen molar-refractivity contribution in [2.24, 2.45) is 40.4 Å². The number of hydrogen-bond acceptors (Lipinski definition) is 6. The maximum atomic E-state index is 13.8. The Kier molecular flexibility index (Phi) is 8.83. The minimum Gasteiger partial charge on any atom is -0.390 e. The lowest BCUT2D eigenvalue weighted by atomic mass is 9.44.